The fraction of sp³-hybridized carbons (Fsp3) is 0.467. The van der Waals surface area contributed by atoms with E-state index in [4.69, 9.17) is 9.47 Å². The number of methoxy groups -OCH3 is 2. The first-order valence-electron chi connectivity index (χ1n) is 7.05. The van der Waals surface area contributed by atoms with Gasteiger partial charge in [-0.25, -0.2) is 9.97 Å². The highest BCUT2D eigenvalue weighted by molar-refractivity contribution is 5.41. The normalized spacial score (nSPS) is 21.9. The first-order chi connectivity index (χ1) is 10.3. The standard InChI is InChI=1S/C15H20N4O2/c1-20-11-12-7-13(21-2)10-19(12)15-9-16-14(8-17-15)18-5-3-4-6-18/h3-6,8-9,12-13H,7,10-11H2,1-2H3/t12-,13+/m0/s1. The van der Waals surface area contributed by atoms with Crippen LogP contribution in [-0.2, 0) is 9.47 Å². The maximum atomic E-state index is 5.47. The van der Waals surface area contributed by atoms with E-state index < -0.39 is 0 Å². The van der Waals surface area contributed by atoms with E-state index in [1.54, 1.807) is 20.4 Å². The van der Waals surface area contributed by atoms with E-state index in [0.29, 0.717) is 6.61 Å². The van der Waals surface area contributed by atoms with Crippen LogP contribution in [0.25, 0.3) is 5.82 Å². The minimum absolute atomic E-state index is 0.219. The van der Waals surface area contributed by atoms with Crippen molar-refractivity contribution in [2.45, 2.75) is 18.6 Å². The summed E-state index contributed by atoms with van der Waals surface area (Å²) >= 11 is 0. The van der Waals surface area contributed by atoms with Crippen molar-refractivity contribution < 1.29 is 9.47 Å². The molecule has 6 nitrogen and oxygen atoms in total. The van der Waals surface area contributed by atoms with E-state index in [2.05, 4.69) is 14.9 Å². The van der Waals surface area contributed by atoms with Crippen molar-refractivity contribution in [1.82, 2.24) is 14.5 Å². The lowest BCUT2D eigenvalue weighted by Gasteiger charge is -2.24. The number of nitrogens with zero attached hydrogens (tertiary/aromatic N) is 4. The van der Waals surface area contributed by atoms with Crippen LogP contribution in [0.15, 0.2) is 36.9 Å². The van der Waals surface area contributed by atoms with E-state index in [1.165, 1.54) is 0 Å². The smallest absolute Gasteiger partial charge is 0.155 e. The second kappa shape index (κ2) is 6.24. The Labute approximate surface area is 124 Å². The molecule has 0 radical (unpaired) electrons. The van der Waals surface area contributed by atoms with Gasteiger partial charge in [-0.2, -0.15) is 0 Å². The molecule has 0 saturated carbocycles. The average Bonchev–Trinajstić information content (AvgIpc) is 3.17. The molecule has 0 spiro atoms. The number of ether oxygens (including phenoxy) is 2. The SMILES string of the molecule is COC[C@@H]1C[C@@H](OC)CN1c1cnc(-n2cccc2)cn1. The highest BCUT2D eigenvalue weighted by Gasteiger charge is 2.33. The van der Waals surface area contributed by atoms with Gasteiger partial charge in [0.05, 0.1) is 31.1 Å². The molecule has 112 valence electrons. The van der Waals surface area contributed by atoms with Gasteiger partial charge in [0.2, 0.25) is 0 Å². The van der Waals surface area contributed by atoms with E-state index in [9.17, 15) is 0 Å². The second-order valence-electron chi connectivity index (χ2n) is 5.18. The Morgan fingerprint density at radius 1 is 1.14 bits per heavy atom. The fourth-order valence-electron chi connectivity index (χ4n) is 2.76. The van der Waals surface area contributed by atoms with Crippen LogP contribution in [0.3, 0.4) is 0 Å². The Hall–Kier alpha value is -1.92. The highest BCUT2D eigenvalue weighted by Crippen LogP contribution is 2.25. The summed E-state index contributed by atoms with van der Waals surface area (Å²) in [6.07, 6.45) is 8.68. The van der Waals surface area contributed by atoms with Gasteiger partial charge in [-0.05, 0) is 18.6 Å². The van der Waals surface area contributed by atoms with Gasteiger partial charge < -0.3 is 18.9 Å². The van der Waals surface area contributed by atoms with Crippen LogP contribution in [0.2, 0.25) is 0 Å². The molecule has 1 saturated heterocycles. The first-order valence-corrected chi connectivity index (χ1v) is 7.05. The Morgan fingerprint density at radius 3 is 2.48 bits per heavy atom. The zero-order chi connectivity index (χ0) is 14.7. The molecular formula is C15H20N4O2. The quantitative estimate of drug-likeness (QED) is 0.834. The van der Waals surface area contributed by atoms with Crippen molar-refractivity contribution in [2.24, 2.45) is 0 Å². The van der Waals surface area contributed by atoms with Gasteiger partial charge in [-0.3, -0.25) is 0 Å². The minimum atomic E-state index is 0.219. The monoisotopic (exact) mass is 288 g/mol. The van der Waals surface area contributed by atoms with Gasteiger partial charge in [0, 0.05) is 33.2 Å². The maximum Gasteiger partial charge on any atom is 0.155 e. The van der Waals surface area contributed by atoms with Gasteiger partial charge in [-0.15, -0.1) is 0 Å². The summed E-state index contributed by atoms with van der Waals surface area (Å²) < 4.78 is 12.7. The van der Waals surface area contributed by atoms with Gasteiger partial charge in [-0.1, -0.05) is 0 Å². The highest BCUT2D eigenvalue weighted by atomic mass is 16.5. The molecular weight excluding hydrogens is 268 g/mol. The Morgan fingerprint density at radius 2 is 1.86 bits per heavy atom. The molecule has 2 aromatic rings. The summed E-state index contributed by atoms with van der Waals surface area (Å²) in [6.45, 7) is 1.49. The number of aromatic nitrogens is 3. The van der Waals surface area contributed by atoms with Gasteiger partial charge in [0.1, 0.15) is 5.82 Å². The van der Waals surface area contributed by atoms with Gasteiger partial charge >= 0.3 is 0 Å². The molecule has 1 aliphatic heterocycles. The predicted molar refractivity (Wildman–Crippen MR) is 79.8 cm³/mol. The topological polar surface area (TPSA) is 52.4 Å². The molecule has 2 aromatic heterocycles. The van der Waals surface area contributed by atoms with E-state index in [1.807, 2.05) is 35.3 Å². The molecule has 0 N–H and O–H groups in total. The first kappa shape index (κ1) is 14.0. The Bertz CT molecular complexity index is 556. The van der Waals surface area contributed by atoms with Crippen LogP contribution in [0.1, 0.15) is 6.42 Å². The van der Waals surface area contributed by atoms with Crippen molar-refractivity contribution in [3.8, 4) is 5.82 Å². The second-order valence-corrected chi connectivity index (χ2v) is 5.18. The maximum absolute atomic E-state index is 5.47. The summed E-state index contributed by atoms with van der Waals surface area (Å²) in [5.41, 5.74) is 0. The third-order valence-corrected chi connectivity index (χ3v) is 3.86. The van der Waals surface area contributed by atoms with Crippen LogP contribution in [0.4, 0.5) is 5.82 Å². The molecule has 3 rings (SSSR count). The van der Waals surface area contributed by atoms with Crippen LogP contribution in [0.5, 0.6) is 0 Å². The number of hydrogen-bond acceptors (Lipinski definition) is 5. The molecule has 6 heteroatoms. The lowest BCUT2D eigenvalue weighted by atomic mass is 10.2. The molecule has 0 bridgehead atoms. The van der Waals surface area contributed by atoms with E-state index in [0.717, 1.165) is 24.6 Å². The fourth-order valence-corrected chi connectivity index (χ4v) is 2.76. The van der Waals surface area contributed by atoms with Gasteiger partial charge in [0.15, 0.2) is 5.82 Å². The summed E-state index contributed by atoms with van der Waals surface area (Å²) in [7, 11) is 3.47. The van der Waals surface area contributed by atoms with Crippen molar-refractivity contribution in [2.75, 3.05) is 32.3 Å². The third kappa shape index (κ3) is 2.91. The molecule has 2 atom stereocenters. The molecule has 0 unspecified atom stereocenters. The van der Waals surface area contributed by atoms with E-state index >= 15 is 0 Å². The molecule has 0 amide bonds. The number of hydrogen-bond donors (Lipinski definition) is 0. The zero-order valence-electron chi connectivity index (χ0n) is 12.3. The third-order valence-electron chi connectivity index (χ3n) is 3.86. The van der Waals surface area contributed by atoms with Crippen LogP contribution in [-0.4, -0.2) is 54.1 Å². The zero-order valence-corrected chi connectivity index (χ0v) is 12.3. The van der Waals surface area contributed by atoms with Crippen molar-refractivity contribution in [1.29, 1.82) is 0 Å². The van der Waals surface area contributed by atoms with Crippen molar-refractivity contribution in [3.63, 3.8) is 0 Å². The predicted octanol–water partition coefficient (Wildman–Crippen LogP) is 1.51. The Balaban J connectivity index is 1.79. The van der Waals surface area contributed by atoms with Crippen LogP contribution in [0, 0.1) is 0 Å². The molecule has 21 heavy (non-hydrogen) atoms. The summed E-state index contributed by atoms with van der Waals surface area (Å²) in [4.78, 5) is 11.3. The minimum Gasteiger partial charge on any atom is -0.383 e. The van der Waals surface area contributed by atoms with Crippen molar-refractivity contribution in [3.05, 3.63) is 36.9 Å². The molecule has 1 aliphatic rings. The summed E-state index contributed by atoms with van der Waals surface area (Å²) in [6, 6.07) is 4.22. The number of anilines is 1. The number of rotatable bonds is 5. The van der Waals surface area contributed by atoms with Crippen LogP contribution < -0.4 is 4.90 Å². The lowest BCUT2D eigenvalue weighted by molar-refractivity contribution is 0.111. The summed E-state index contributed by atoms with van der Waals surface area (Å²) in [5, 5.41) is 0. The average molecular weight is 288 g/mol. The lowest BCUT2D eigenvalue weighted by Crippen LogP contribution is -2.33. The van der Waals surface area contributed by atoms with Crippen LogP contribution >= 0.6 is 0 Å². The van der Waals surface area contributed by atoms with Gasteiger partial charge in [0.25, 0.3) is 0 Å². The van der Waals surface area contributed by atoms with E-state index in [-0.39, 0.29) is 12.1 Å². The molecule has 0 aliphatic carbocycles. The molecule has 1 fully saturated rings. The van der Waals surface area contributed by atoms with Crippen molar-refractivity contribution >= 4 is 5.82 Å². The molecule has 3 heterocycles. The molecule has 0 aromatic carbocycles. The Kier molecular flexibility index (Phi) is 4.17. The largest absolute Gasteiger partial charge is 0.383 e. The summed E-state index contributed by atoms with van der Waals surface area (Å²) in [5.74, 6) is 1.68.